The van der Waals surface area contributed by atoms with E-state index in [0.717, 1.165) is 9.37 Å². The molecule has 32 heavy (non-hydrogen) atoms. The lowest BCUT2D eigenvalue weighted by Gasteiger charge is -2.09. The van der Waals surface area contributed by atoms with Gasteiger partial charge in [0, 0.05) is 20.1 Å². The maximum Gasteiger partial charge on any atom is 0.236 e. The summed E-state index contributed by atoms with van der Waals surface area (Å²) in [5, 5.41) is 7.06. The molecule has 3 aromatic carbocycles. The Bertz CT molecular complexity index is 1310. The molecular weight excluding hydrogens is 553 g/mol. The molecule has 1 heterocycles. The number of nitrogens with one attached hydrogen (secondary N) is 2. The summed E-state index contributed by atoms with van der Waals surface area (Å²) >= 11 is 22.2. The second-order valence-corrected chi connectivity index (χ2v) is 9.79. The molecule has 0 saturated carbocycles. The molecule has 0 atom stereocenters. The molecule has 10 heteroatoms. The van der Waals surface area contributed by atoms with Gasteiger partial charge in [-0.25, -0.2) is 4.98 Å². The topological polar surface area (TPSA) is 67.2 Å². The standard InChI is InChI=1S/C22H14BrCl2N3O2S2/c23-12-1-7-17(25)16(9-12)21-27-18-10-14(4-8-19(18)30-21)26-22(31)28-20(29)11-32-15-5-2-13(24)3-6-15/h1-10H,11H2,(H2,26,28,29,31). The molecule has 1 aromatic heterocycles. The number of nitrogens with zero attached hydrogens (tertiary/aromatic N) is 1. The van der Waals surface area contributed by atoms with Gasteiger partial charge in [0.25, 0.3) is 0 Å². The van der Waals surface area contributed by atoms with Crippen molar-refractivity contribution in [2.75, 3.05) is 11.1 Å². The Labute approximate surface area is 212 Å². The van der Waals surface area contributed by atoms with Gasteiger partial charge in [-0.2, -0.15) is 0 Å². The van der Waals surface area contributed by atoms with Crippen molar-refractivity contribution in [1.29, 1.82) is 0 Å². The van der Waals surface area contributed by atoms with Gasteiger partial charge in [0.1, 0.15) is 5.52 Å². The number of hydrogen-bond donors (Lipinski definition) is 2. The smallest absolute Gasteiger partial charge is 0.236 e. The Morgan fingerprint density at radius 1 is 1.09 bits per heavy atom. The molecule has 0 radical (unpaired) electrons. The van der Waals surface area contributed by atoms with E-state index in [0.29, 0.717) is 38.3 Å². The van der Waals surface area contributed by atoms with E-state index in [1.54, 1.807) is 36.4 Å². The normalized spacial score (nSPS) is 10.8. The monoisotopic (exact) mass is 565 g/mol. The van der Waals surface area contributed by atoms with Crippen LogP contribution in [0.1, 0.15) is 0 Å². The highest BCUT2D eigenvalue weighted by Crippen LogP contribution is 2.33. The molecule has 0 aliphatic heterocycles. The number of aromatic nitrogens is 1. The fraction of sp³-hybridized carbons (Fsp3) is 0.0455. The number of fused-ring (bicyclic) bond motifs is 1. The minimum Gasteiger partial charge on any atom is -0.436 e. The lowest BCUT2D eigenvalue weighted by Crippen LogP contribution is -2.35. The van der Waals surface area contributed by atoms with E-state index in [2.05, 4.69) is 31.5 Å². The fourth-order valence-corrected chi connectivity index (χ4v) is 4.40. The SMILES string of the molecule is O=C(CSc1ccc(Cl)cc1)NC(=S)Nc1ccc2oc(-c3cc(Br)ccc3Cl)nc2c1. The molecule has 0 unspecified atom stereocenters. The number of benzene rings is 3. The van der Waals surface area contributed by atoms with Crippen LogP contribution in [0, 0.1) is 0 Å². The van der Waals surface area contributed by atoms with Crippen LogP contribution in [0.25, 0.3) is 22.6 Å². The van der Waals surface area contributed by atoms with Crippen molar-refractivity contribution < 1.29 is 9.21 Å². The number of thioether (sulfide) groups is 1. The summed E-state index contributed by atoms with van der Waals surface area (Å²) in [6.07, 6.45) is 0. The van der Waals surface area contributed by atoms with Crippen LogP contribution in [0.3, 0.4) is 0 Å². The van der Waals surface area contributed by atoms with Crippen LogP contribution in [-0.4, -0.2) is 21.8 Å². The third-order valence-corrected chi connectivity index (χ3v) is 6.53. The van der Waals surface area contributed by atoms with Crippen LogP contribution in [-0.2, 0) is 4.79 Å². The summed E-state index contributed by atoms with van der Waals surface area (Å²) in [4.78, 5) is 17.7. The van der Waals surface area contributed by atoms with Gasteiger partial charge in [0.15, 0.2) is 10.7 Å². The van der Waals surface area contributed by atoms with Crippen molar-refractivity contribution in [2.45, 2.75) is 4.90 Å². The van der Waals surface area contributed by atoms with Crippen molar-refractivity contribution in [3.05, 3.63) is 75.2 Å². The van der Waals surface area contributed by atoms with Crippen LogP contribution < -0.4 is 10.6 Å². The lowest BCUT2D eigenvalue weighted by molar-refractivity contribution is -0.117. The first kappa shape index (κ1) is 23.1. The quantitative estimate of drug-likeness (QED) is 0.197. The number of carbonyl (C=O) groups is 1. The highest BCUT2D eigenvalue weighted by Gasteiger charge is 2.13. The van der Waals surface area contributed by atoms with Gasteiger partial charge in [-0.3, -0.25) is 4.79 Å². The molecule has 1 amide bonds. The van der Waals surface area contributed by atoms with Crippen LogP contribution in [0.4, 0.5) is 5.69 Å². The van der Waals surface area contributed by atoms with E-state index in [-0.39, 0.29) is 16.8 Å². The second kappa shape index (κ2) is 10.2. The van der Waals surface area contributed by atoms with Crippen LogP contribution in [0.5, 0.6) is 0 Å². The van der Waals surface area contributed by atoms with Crippen LogP contribution >= 0.6 is 63.1 Å². The van der Waals surface area contributed by atoms with Crippen molar-refractivity contribution >= 4 is 90.9 Å². The summed E-state index contributed by atoms with van der Waals surface area (Å²) in [5.41, 5.74) is 2.60. The molecule has 2 N–H and O–H groups in total. The summed E-state index contributed by atoms with van der Waals surface area (Å²) in [5.74, 6) is 0.429. The number of thiocarbonyl (C=S) groups is 1. The third-order valence-electron chi connectivity index (χ3n) is 4.24. The molecule has 0 fully saturated rings. The number of rotatable bonds is 5. The van der Waals surface area contributed by atoms with Gasteiger partial charge in [0.05, 0.1) is 16.3 Å². The molecule has 4 rings (SSSR count). The van der Waals surface area contributed by atoms with Gasteiger partial charge < -0.3 is 15.1 Å². The second-order valence-electron chi connectivity index (χ2n) is 6.57. The number of carbonyl (C=O) groups excluding carboxylic acids is 1. The first-order chi connectivity index (χ1) is 15.4. The van der Waals surface area contributed by atoms with Crippen molar-refractivity contribution in [3.8, 4) is 11.5 Å². The van der Waals surface area contributed by atoms with Gasteiger partial charge in [-0.05, 0) is 72.9 Å². The van der Waals surface area contributed by atoms with Crippen molar-refractivity contribution in [2.24, 2.45) is 0 Å². The Balaban J connectivity index is 1.39. The van der Waals surface area contributed by atoms with E-state index in [9.17, 15) is 4.79 Å². The summed E-state index contributed by atoms with van der Waals surface area (Å²) < 4.78 is 6.71. The molecule has 0 aliphatic rings. The number of anilines is 1. The summed E-state index contributed by atoms with van der Waals surface area (Å²) in [6.45, 7) is 0. The maximum absolute atomic E-state index is 12.2. The van der Waals surface area contributed by atoms with Gasteiger partial charge >= 0.3 is 0 Å². The van der Waals surface area contributed by atoms with Crippen molar-refractivity contribution in [3.63, 3.8) is 0 Å². The van der Waals surface area contributed by atoms with Gasteiger partial charge in [-0.15, -0.1) is 11.8 Å². The summed E-state index contributed by atoms with van der Waals surface area (Å²) in [6, 6.07) is 18.1. The minimum absolute atomic E-state index is 0.199. The molecule has 4 aromatic rings. The number of oxazole rings is 1. The zero-order valence-corrected chi connectivity index (χ0v) is 20.9. The molecular formula is C22H14BrCl2N3O2S2. The fourth-order valence-electron chi connectivity index (χ4n) is 2.79. The average Bonchev–Trinajstić information content (AvgIpc) is 3.18. The lowest BCUT2D eigenvalue weighted by atomic mass is 10.2. The highest BCUT2D eigenvalue weighted by atomic mass is 79.9. The van der Waals surface area contributed by atoms with Crippen LogP contribution in [0.15, 0.2) is 74.4 Å². The molecule has 162 valence electrons. The number of halogens is 3. The Morgan fingerprint density at radius 3 is 2.66 bits per heavy atom. The molecule has 0 bridgehead atoms. The third kappa shape index (κ3) is 5.82. The van der Waals surface area contributed by atoms with Gasteiger partial charge in [0.2, 0.25) is 11.8 Å². The molecule has 0 aliphatic carbocycles. The highest BCUT2D eigenvalue weighted by molar-refractivity contribution is 9.10. The van der Waals surface area contributed by atoms with Crippen molar-refractivity contribution in [1.82, 2.24) is 10.3 Å². The predicted molar refractivity (Wildman–Crippen MR) is 139 cm³/mol. The summed E-state index contributed by atoms with van der Waals surface area (Å²) in [7, 11) is 0. The van der Waals surface area contributed by atoms with Gasteiger partial charge in [-0.1, -0.05) is 39.1 Å². The first-order valence-electron chi connectivity index (χ1n) is 9.22. The Morgan fingerprint density at radius 2 is 1.88 bits per heavy atom. The molecule has 0 spiro atoms. The minimum atomic E-state index is -0.212. The number of amides is 1. The van der Waals surface area contributed by atoms with E-state index < -0.39 is 0 Å². The molecule has 5 nitrogen and oxygen atoms in total. The van der Waals surface area contributed by atoms with E-state index in [4.69, 9.17) is 39.8 Å². The Kier molecular flexibility index (Phi) is 7.37. The number of hydrogen-bond acceptors (Lipinski definition) is 5. The average molecular weight is 567 g/mol. The zero-order chi connectivity index (χ0) is 22.7. The maximum atomic E-state index is 12.2. The van der Waals surface area contributed by atoms with Crippen LogP contribution in [0.2, 0.25) is 10.0 Å². The largest absolute Gasteiger partial charge is 0.436 e. The Hall–Kier alpha value is -2.10. The first-order valence-corrected chi connectivity index (χ1v) is 12.2. The van der Waals surface area contributed by atoms with E-state index >= 15 is 0 Å². The molecule has 0 saturated heterocycles. The van der Waals surface area contributed by atoms with E-state index in [1.807, 2.05) is 24.3 Å². The van der Waals surface area contributed by atoms with E-state index in [1.165, 1.54) is 11.8 Å². The predicted octanol–water partition coefficient (Wildman–Crippen LogP) is 7.17. The zero-order valence-electron chi connectivity index (χ0n) is 16.2.